The van der Waals surface area contributed by atoms with Gasteiger partial charge in [-0.1, -0.05) is 0 Å². The summed E-state index contributed by atoms with van der Waals surface area (Å²) in [5, 5.41) is 3.62. The fraction of sp³-hybridized carbons (Fsp3) is 0.500. The Labute approximate surface area is 57.5 Å². The Hall–Kier alpha value is -0.930. The van der Waals surface area contributed by atoms with Gasteiger partial charge in [0.15, 0.2) is 0 Å². The molecule has 1 aromatic rings. The summed E-state index contributed by atoms with van der Waals surface area (Å²) in [4.78, 5) is 0. The van der Waals surface area contributed by atoms with Crippen molar-refractivity contribution in [2.24, 2.45) is 7.05 Å². The first-order valence-corrected chi connectivity index (χ1v) is 2.87. The Morgan fingerprint density at radius 2 is 2.20 bits per heavy atom. The molecule has 0 atom stereocenters. The second kappa shape index (κ2) is 2.04. The van der Waals surface area contributed by atoms with Crippen LogP contribution in [-0.2, 0) is 13.0 Å². The van der Waals surface area contributed by atoms with Crippen molar-refractivity contribution in [1.29, 1.82) is 0 Å². The molecule has 0 amide bonds. The predicted molar refractivity (Wildman–Crippen MR) is 32.8 cm³/mol. The van der Waals surface area contributed by atoms with E-state index in [0.717, 1.165) is 6.92 Å². The molecule has 0 aliphatic carbocycles. The lowest BCUT2D eigenvalue weighted by Crippen LogP contribution is -2.04. The first-order valence-electron chi connectivity index (χ1n) is 2.87. The molecule has 0 aliphatic rings. The lowest BCUT2D eigenvalue weighted by Gasteiger charge is -2.04. The number of alkyl halides is 2. The summed E-state index contributed by atoms with van der Waals surface area (Å²) in [5.74, 6) is -2.77. The van der Waals surface area contributed by atoms with Gasteiger partial charge >= 0.3 is 0 Å². The van der Waals surface area contributed by atoms with E-state index < -0.39 is 5.92 Å². The van der Waals surface area contributed by atoms with Crippen LogP contribution in [0, 0.1) is 0 Å². The standard InChI is InChI=1S/C6H8F2N2/c1-6(7,8)5-3-9-10(2)4-5/h3-4H,1-2H3. The molecule has 0 fully saturated rings. The van der Waals surface area contributed by atoms with Crippen LogP contribution >= 0.6 is 0 Å². The average molecular weight is 146 g/mol. The summed E-state index contributed by atoms with van der Waals surface area (Å²) in [5.41, 5.74) is -0.0463. The quantitative estimate of drug-likeness (QED) is 0.587. The molecule has 0 saturated carbocycles. The summed E-state index contributed by atoms with van der Waals surface area (Å²) in [6.45, 7) is 0.851. The number of hydrogen-bond donors (Lipinski definition) is 0. The SMILES string of the molecule is Cn1cc(C(C)(F)F)cn1. The summed E-state index contributed by atoms with van der Waals surface area (Å²) in [6.07, 6.45) is 2.47. The van der Waals surface area contributed by atoms with Crippen LogP contribution in [0.25, 0.3) is 0 Å². The highest BCUT2D eigenvalue weighted by molar-refractivity contribution is 5.09. The Balaban J connectivity index is 2.96. The highest BCUT2D eigenvalue weighted by atomic mass is 19.3. The molecule has 0 spiro atoms. The van der Waals surface area contributed by atoms with Crippen LogP contribution in [0.3, 0.4) is 0 Å². The molecule has 0 radical (unpaired) electrons. The minimum absolute atomic E-state index is 0.0463. The normalized spacial score (nSPS) is 12.0. The molecule has 2 nitrogen and oxygen atoms in total. The Kier molecular flexibility index (Phi) is 1.46. The minimum atomic E-state index is -2.77. The summed E-state index contributed by atoms with van der Waals surface area (Å²) in [6, 6.07) is 0. The fourth-order valence-electron chi connectivity index (χ4n) is 0.648. The third-order valence-electron chi connectivity index (χ3n) is 1.21. The molecular weight excluding hydrogens is 138 g/mol. The highest BCUT2D eigenvalue weighted by Crippen LogP contribution is 2.25. The smallest absolute Gasteiger partial charge is 0.273 e. The van der Waals surface area contributed by atoms with Crippen molar-refractivity contribution in [3.05, 3.63) is 18.0 Å². The van der Waals surface area contributed by atoms with Gasteiger partial charge in [-0.05, 0) is 0 Å². The van der Waals surface area contributed by atoms with Crippen LogP contribution in [0.4, 0.5) is 8.78 Å². The van der Waals surface area contributed by atoms with Crippen molar-refractivity contribution in [3.8, 4) is 0 Å². The number of nitrogens with zero attached hydrogens (tertiary/aromatic N) is 2. The lowest BCUT2D eigenvalue weighted by molar-refractivity contribution is 0.0174. The molecule has 0 aromatic carbocycles. The molecule has 0 bridgehead atoms. The van der Waals surface area contributed by atoms with Gasteiger partial charge in [0.05, 0.1) is 11.8 Å². The van der Waals surface area contributed by atoms with Gasteiger partial charge in [-0.25, -0.2) is 8.78 Å². The highest BCUT2D eigenvalue weighted by Gasteiger charge is 2.25. The molecule has 0 N–H and O–H groups in total. The van der Waals surface area contributed by atoms with E-state index in [9.17, 15) is 8.78 Å². The third kappa shape index (κ3) is 1.32. The first-order chi connectivity index (χ1) is 4.50. The van der Waals surface area contributed by atoms with E-state index >= 15 is 0 Å². The monoisotopic (exact) mass is 146 g/mol. The van der Waals surface area contributed by atoms with Crippen LogP contribution < -0.4 is 0 Å². The van der Waals surface area contributed by atoms with Crippen molar-refractivity contribution in [2.75, 3.05) is 0 Å². The summed E-state index contributed by atoms with van der Waals surface area (Å²) in [7, 11) is 1.61. The fourth-order valence-corrected chi connectivity index (χ4v) is 0.648. The van der Waals surface area contributed by atoms with E-state index in [0.29, 0.717) is 0 Å². The van der Waals surface area contributed by atoms with E-state index in [1.54, 1.807) is 7.05 Å². The zero-order valence-electron chi connectivity index (χ0n) is 5.81. The number of halogens is 2. The van der Waals surface area contributed by atoms with Gasteiger partial charge in [-0.2, -0.15) is 5.10 Å². The van der Waals surface area contributed by atoms with Crippen molar-refractivity contribution >= 4 is 0 Å². The maximum Gasteiger partial charge on any atom is 0.273 e. The van der Waals surface area contributed by atoms with Gasteiger partial charge in [0.1, 0.15) is 0 Å². The van der Waals surface area contributed by atoms with Crippen LogP contribution in [0.1, 0.15) is 12.5 Å². The molecule has 4 heteroatoms. The third-order valence-corrected chi connectivity index (χ3v) is 1.21. The molecule has 1 heterocycles. The van der Waals surface area contributed by atoms with Crippen LogP contribution in [0.2, 0.25) is 0 Å². The van der Waals surface area contributed by atoms with E-state index in [1.807, 2.05) is 0 Å². The average Bonchev–Trinajstić information content (AvgIpc) is 2.11. The van der Waals surface area contributed by atoms with Crippen molar-refractivity contribution in [2.45, 2.75) is 12.8 Å². The van der Waals surface area contributed by atoms with Gasteiger partial charge in [-0.15, -0.1) is 0 Å². The number of hydrogen-bond acceptors (Lipinski definition) is 1. The van der Waals surface area contributed by atoms with E-state index in [4.69, 9.17) is 0 Å². The van der Waals surface area contributed by atoms with Gasteiger partial charge in [-0.3, -0.25) is 4.68 Å². The van der Waals surface area contributed by atoms with E-state index in [1.165, 1.54) is 17.1 Å². The van der Waals surface area contributed by atoms with Gasteiger partial charge in [0, 0.05) is 20.2 Å². The van der Waals surface area contributed by atoms with Crippen LogP contribution in [0.5, 0.6) is 0 Å². The zero-order valence-corrected chi connectivity index (χ0v) is 5.81. The second-order valence-electron chi connectivity index (χ2n) is 2.29. The van der Waals surface area contributed by atoms with Gasteiger partial charge in [0.2, 0.25) is 0 Å². The molecule has 0 unspecified atom stereocenters. The van der Waals surface area contributed by atoms with Crippen molar-refractivity contribution < 1.29 is 8.78 Å². The van der Waals surface area contributed by atoms with Crippen molar-refractivity contribution in [3.63, 3.8) is 0 Å². The maximum absolute atomic E-state index is 12.4. The summed E-state index contributed by atoms with van der Waals surface area (Å²) < 4.78 is 26.2. The second-order valence-corrected chi connectivity index (χ2v) is 2.29. The molecule has 1 aromatic heterocycles. The maximum atomic E-state index is 12.4. The topological polar surface area (TPSA) is 17.8 Å². The molecule has 56 valence electrons. The molecule has 10 heavy (non-hydrogen) atoms. The molecule has 1 rings (SSSR count). The van der Waals surface area contributed by atoms with E-state index in [-0.39, 0.29) is 5.56 Å². The Bertz CT molecular complexity index is 224. The predicted octanol–water partition coefficient (Wildman–Crippen LogP) is 1.53. The molecule has 0 saturated heterocycles. The van der Waals surface area contributed by atoms with E-state index in [2.05, 4.69) is 5.10 Å². The van der Waals surface area contributed by atoms with Crippen LogP contribution in [-0.4, -0.2) is 9.78 Å². The Morgan fingerprint density at radius 1 is 1.60 bits per heavy atom. The van der Waals surface area contributed by atoms with Gasteiger partial charge in [0.25, 0.3) is 5.92 Å². The summed E-state index contributed by atoms with van der Waals surface area (Å²) >= 11 is 0. The van der Waals surface area contributed by atoms with Crippen LogP contribution in [0.15, 0.2) is 12.4 Å². The Morgan fingerprint density at radius 3 is 2.40 bits per heavy atom. The number of aromatic nitrogens is 2. The van der Waals surface area contributed by atoms with Crippen molar-refractivity contribution in [1.82, 2.24) is 9.78 Å². The molecular formula is C6H8F2N2. The minimum Gasteiger partial charge on any atom is -0.275 e. The molecule has 0 aliphatic heterocycles. The number of aryl methyl sites for hydroxylation is 1. The van der Waals surface area contributed by atoms with Gasteiger partial charge < -0.3 is 0 Å². The first kappa shape index (κ1) is 7.18. The zero-order chi connectivity index (χ0) is 7.78. The largest absolute Gasteiger partial charge is 0.275 e. The lowest BCUT2D eigenvalue weighted by atomic mass is 10.2. The number of rotatable bonds is 1.